The second kappa shape index (κ2) is 5.73. The number of hydrogen-bond acceptors (Lipinski definition) is 4. The summed E-state index contributed by atoms with van der Waals surface area (Å²) in [6.07, 6.45) is 0. The van der Waals surface area contributed by atoms with Crippen LogP contribution in [0.5, 0.6) is 0 Å². The zero-order chi connectivity index (χ0) is 14.7. The van der Waals surface area contributed by atoms with Gasteiger partial charge in [0, 0.05) is 31.7 Å². The summed E-state index contributed by atoms with van der Waals surface area (Å²) < 4.78 is 0. The van der Waals surface area contributed by atoms with Gasteiger partial charge in [-0.25, -0.2) is 0 Å². The predicted molar refractivity (Wildman–Crippen MR) is 68.7 cm³/mol. The first-order valence-electron chi connectivity index (χ1n) is 6.36. The fraction of sp³-hybridized carbons (Fsp3) is 0.357. The molecule has 2 rings (SSSR count). The van der Waals surface area contributed by atoms with E-state index in [9.17, 15) is 19.5 Å². The van der Waals surface area contributed by atoms with Crippen molar-refractivity contribution in [2.75, 3.05) is 26.2 Å². The Morgan fingerprint density at radius 2 is 1.55 bits per heavy atom. The molecule has 1 fully saturated rings. The molecule has 0 N–H and O–H groups in total. The quantitative estimate of drug-likeness (QED) is 0.618. The first-order chi connectivity index (χ1) is 9.50. The average Bonchev–Trinajstić information content (AvgIpc) is 2.46. The smallest absolute Gasteiger partial charge is 0.269 e. The van der Waals surface area contributed by atoms with Gasteiger partial charge in [-0.3, -0.25) is 9.59 Å². The Balaban J connectivity index is 2.01. The van der Waals surface area contributed by atoms with Crippen molar-refractivity contribution in [3.8, 4) is 0 Å². The Morgan fingerprint density at radius 3 is 2.10 bits per heavy atom. The standard InChI is InChI=1S/C14H16N2O4/c1-10-4-2-3-5-11(10)12(17)15-6-8-16(9-7-15)13(18)14(19)20/h2-5H,6-9H2,1H3,(H,19,20)/p-1. The van der Waals surface area contributed by atoms with Gasteiger partial charge in [-0.05, 0) is 18.6 Å². The number of amides is 2. The van der Waals surface area contributed by atoms with E-state index in [1.165, 1.54) is 4.90 Å². The molecule has 1 aromatic carbocycles. The topological polar surface area (TPSA) is 80.8 Å². The molecule has 0 aliphatic carbocycles. The second-order valence-corrected chi connectivity index (χ2v) is 4.69. The highest BCUT2D eigenvalue weighted by Crippen LogP contribution is 2.12. The van der Waals surface area contributed by atoms with Gasteiger partial charge in [0.15, 0.2) is 0 Å². The van der Waals surface area contributed by atoms with Crippen molar-refractivity contribution in [3.63, 3.8) is 0 Å². The van der Waals surface area contributed by atoms with Crippen LogP contribution < -0.4 is 5.11 Å². The van der Waals surface area contributed by atoms with E-state index in [0.717, 1.165) is 5.56 Å². The van der Waals surface area contributed by atoms with Crippen LogP contribution in [0.4, 0.5) is 0 Å². The molecule has 106 valence electrons. The molecule has 2 amide bonds. The van der Waals surface area contributed by atoms with Gasteiger partial charge in [-0.2, -0.15) is 0 Å². The maximum atomic E-state index is 12.3. The van der Waals surface area contributed by atoms with E-state index >= 15 is 0 Å². The molecule has 0 radical (unpaired) electrons. The maximum absolute atomic E-state index is 12.3. The summed E-state index contributed by atoms with van der Waals surface area (Å²) in [4.78, 5) is 36.9. The number of benzene rings is 1. The molecule has 0 spiro atoms. The monoisotopic (exact) mass is 275 g/mol. The van der Waals surface area contributed by atoms with Crippen molar-refractivity contribution in [2.45, 2.75) is 6.92 Å². The van der Waals surface area contributed by atoms with Crippen molar-refractivity contribution in [1.82, 2.24) is 9.80 Å². The summed E-state index contributed by atoms with van der Waals surface area (Å²) in [7, 11) is 0. The molecule has 1 aromatic rings. The van der Waals surface area contributed by atoms with Crippen LogP contribution in [0.15, 0.2) is 24.3 Å². The van der Waals surface area contributed by atoms with Crippen LogP contribution in [0, 0.1) is 6.92 Å². The summed E-state index contributed by atoms with van der Waals surface area (Å²) in [5.74, 6) is -2.82. The van der Waals surface area contributed by atoms with Gasteiger partial charge >= 0.3 is 0 Å². The van der Waals surface area contributed by atoms with Crippen LogP contribution in [0.1, 0.15) is 15.9 Å². The van der Waals surface area contributed by atoms with Gasteiger partial charge in [-0.15, -0.1) is 0 Å². The lowest BCUT2D eigenvalue weighted by Gasteiger charge is -2.35. The summed E-state index contributed by atoms with van der Waals surface area (Å²) in [6, 6.07) is 7.29. The normalized spacial score (nSPS) is 15.1. The summed E-state index contributed by atoms with van der Waals surface area (Å²) >= 11 is 0. The molecule has 0 aromatic heterocycles. The van der Waals surface area contributed by atoms with Crippen molar-refractivity contribution < 1.29 is 19.5 Å². The van der Waals surface area contributed by atoms with E-state index in [1.54, 1.807) is 17.0 Å². The lowest BCUT2D eigenvalue weighted by atomic mass is 10.1. The van der Waals surface area contributed by atoms with Crippen molar-refractivity contribution in [1.29, 1.82) is 0 Å². The number of hydrogen-bond donors (Lipinski definition) is 0. The van der Waals surface area contributed by atoms with Crippen LogP contribution >= 0.6 is 0 Å². The Hall–Kier alpha value is -2.37. The lowest BCUT2D eigenvalue weighted by molar-refractivity contribution is -0.301. The van der Waals surface area contributed by atoms with Crippen molar-refractivity contribution in [2.24, 2.45) is 0 Å². The maximum Gasteiger partial charge on any atom is 0.269 e. The molecule has 0 saturated carbocycles. The molecule has 0 atom stereocenters. The number of rotatable bonds is 1. The number of nitrogens with zero attached hydrogens (tertiary/aromatic N) is 2. The minimum absolute atomic E-state index is 0.0938. The van der Waals surface area contributed by atoms with Crippen LogP contribution in [-0.2, 0) is 9.59 Å². The summed E-state index contributed by atoms with van der Waals surface area (Å²) in [5, 5.41) is 10.5. The summed E-state index contributed by atoms with van der Waals surface area (Å²) in [5.41, 5.74) is 1.53. The average molecular weight is 275 g/mol. The van der Waals surface area contributed by atoms with E-state index < -0.39 is 11.9 Å². The number of aliphatic carboxylic acids is 1. The molecular weight excluding hydrogens is 260 g/mol. The second-order valence-electron chi connectivity index (χ2n) is 4.69. The van der Waals surface area contributed by atoms with Gasteiger partial charge < -0.3 is 19.7 Å². The largest absolute Gasteiger partial charge is 0.540 e. The molecule has 1 heterocycles. The van der Waals surface area contributed by atoms with Crippen LogP contribution in [-0.4, -0.2) is 53.8 Å². The van der Waals surface area contributed by atoms with Crippen molar-refractivity contribution >= 4 is 17.8 Å². The molecule has 20 heavy (non-hydrogen) atoms. The third-order valence-electron chi connectivity index (χ3n) is 3.40. The molecule has 0 bridgehead atoms. The van der Waals surface area contributed by atoms with E-state index in [1.807, 2.05) is 19.1 Å². The van der Waals surface area contributed by atoms with Gasteiger partial charge in [0.2, 0.25) is 0 Å². The molecule has 1 aliphatic heterocycles. The van der Waals surface area contributed by atoms with Gasteiger partial charge in [0.25, 0.3) is 11.8 Å². The minimum Gasteiger partial charge on any atom is -0.540 e. The molecule has 6 heteroatoms. The fourth-order valence-electron chi connectivity index (χ4n) is 2.22. The van der Waals surface area contributed by atoms with E-state index in [4.69, 9.17) is 0 Å². The highest BCUT2D eigenvalue weighted by Gasteiger charge is 2.25. The van der Waals surface area contributed by atoms with Crippen LogP contribution in [0.3, 0.4) is 0 Å². The van der Waals surface area contributed by atoms with Crippen LogP contribution in [0.25, 0.3) is 0 Å². The highest BCUT2D eigenvalue weighted by molar-refractivity contribution is 6.30. The first-order valence-corrected chi connectivity index (χ1v) is 6.36. The number of aryl methyl sites for hydroxylation is 1. The highest BCUT2D eigenvalue weighted by atomic mass is 16.4. The number of piperazine rings is 1. The Morgan fingerprint density at radius 1 is 1.00 bits per heavy atom. The van der Waals surface area contributed by atoms with E-state index in [2.05, 4.69) is 0 Å². The Bertz CT molecular complexity index is 548. The van der Waals surface area contributed by atoms with Crippen LogP contribution in [0.2, 0.25) is 0 Å². The van der Waals surface area contributed by atoms with Gasteiger partial charge in [0.05, 0.1) is 0 Å². The molecule has 1 aliphatic rings. The lowest BCUT2D eigenvalue weighted by Crippen LogP contribution is -2.54. The Labute approximate surface area is 116 Å². The minimum atomic E-state index is -1.70. The van der Waals surface area contributed by atoms with Gasteiger partial charge in [-0.1, -0.05) is 18.2 Å². The van der Waals surface area contributed by atoms with E-state index in [0.29, 0.717) is 18.7 Å². The zero-order valence-corrected chi connectivity index (χ0v) is 11.2. The van der Waals surface area contributed by atoms with E-state index in [-0.39, 0.29) is 19.0 Å². The molecule has 6 nitrogen and oxygen atoms in total. The SMILES string of the molecule is Cc1ccccc1C(=O)N1CCN(C(=O)C(=O)[O-])CC1. The predicted octanol–water partition coefficient (Wildman–Crippen LogP) is -0.971. The number of carboxylic acids is 1. The molecular formula is C14H15N2O4-. The third kappa shape index (κ3) is 2.79. The number of carboxylic acid groups (broad SMARTS) is 1. The number of carbonyl (C=O) groups excluding carboxylic acids is 3. The Kier molecular flexibility index (Phi) is 4.02. The zero-order valence-electron chi connectivity index (χ0n) is 11.2. The number of carbonyl (C=O) groups is 3. The first kappa shape index (κ1) is 14.0. The molecule has 1 saturated heterocycles. The molecule has 0 unspecified atom stereocenters. The fourth-order valence-corrected chi connectivity index (χ4v) is 2.22. The summed E-state index contributed by atoms with van der Waals surface area (Å²) in [6.45, 7) is 2.94. The van der Waals surface area contributed by atoms with Crippen molar-refractivity contribution in [3.05, 3.63) is 35.4 Å². The van der Waals surface area contributed by atoms with Gasteiger partial charge in [0.1, 0.15) is 5.97 Å². The third-order valence-corrected chi connectivity index (χ3v) is 3.40.